The normalized spacial score (nSPS) is 10.2. The molecule has 0 aliphatic heterocycles. The molecule has 0 aliphatic carbocycles. The summed E-state index contributed by atoms with van der Waals surface area (Å²) in [6, 6.07) is 0. The first-order valence-electron chi connectivity index (χ1n) is 5.74. The van der Waals surface area contributed by atoms with E-state index in [1.54, 1.807) is 12.2 Å². The summed E-state index contributed by atoms with van der Waals surface area (Å²) < 4.78 is 14.2. The van der Waals surface area contributed by atoms with E-state index in [0.717, 1.165) is 19.3 Å². The molecule has 0 fully saturated rings. The lowest BCUT2D eigenvalue weighted by atomic mass is 10.3. The second kappa shape index (κ2) is 11.0. The Labute approximate surface area is 102 Å². The molecule has 98 valence electrons. The van der Waals surface area contributed by atoms with Gasteiger partial charge in [-0.2, -0.15) is 0 Å². The molecule has 0 radical (unpaired) electrons. The summed E-state index contributed by atoms with van der Waals surface area (Å²) >= 11 is 0. The van der Waals surface area contributed by atoms with Crippen LogP contribution >= 0.6 is 0 Å². The lowest BCUT2D eigenvalue weighted by Gasteiger charge is -2.03. The molecule has 0 bridgehead atoms. The van der Waals surface area contributed by atoms with E-state index < -0.39 is 6.16 Å². The summed E-state index contributed by atoms with van der Waals surface area (Å²) in [4.78, 5) is 21.4. The molecule has 0 heterocycles. The van der Waals surface area contributed by atoms with Crippen LogP contribution in [0.25, 0.3) is 0 Å². The summed E-state index contributed by atoms with van der Waals surface area (Å²) in [5.41, 5.74) is 0. The number of rotatable bonds is 8. The van der Waals surface area contributed by atoms with Crippen LogP contribution in [0, 0.1) is 0 Å². The lowest BCUT2D eigenvalue weighted by molar-refractivity contribution is -0.139. The molecular weight excluding hydrogens is 224 g/mol. The van der Waals surface area contributed by atoms with Gasteiger partial charge in [0.05, 0.1) is 6.61 Å². The first-order chi connectivity index (χ1) is 8.16. The standard InChI is InChI=1S/C12H20O5/c1-3-4-5-9-16-12(14)17-10-7-6-8-15-11(2)13/h6-7H,3-5,8-10H2,1-2H3/b7-6+. The van der Waals surface area contributed by atoms with Crippen molar-refractivity contribution >= 4 is 12.1 Å². The van der Waals surface area contributed by atoms with Crippen LogP contribution in [0.5, 0.6) is 0 Å². The van der Waals surface area contributed by atoms with E-state index in [0.29, 0.717) is 6.61 Å². The first-order valence-corrected chi connectivity index (χ1v) is 5.74. The molecule has 0 rings (SSSR count). The maximum Gasteiger partial charge on any atom is 0.508 e. The number of carbonyl (C=O) groups excluding carboxylic acids is 2. The number of esters is 1. The van der Waals surface area contributed by atoms with Crippen molar-refractivity contribution in [2.24, 2.45) is 0 Å². The van der Waals surface area contributed by atoms with E-state index in [4.69, 9.17) is 9.47 Å². The van der Waals surface area contributed by atoms with Crippen molar-refractivity contribution in [3.8, 4) is 0 Å². The zero-order valence-electron chi connectivity index (χ0n) is 10.4. The van der Waals surface area contributed by atoms with Crippen molar-refractivity contribution in [3.63, 3.8) is 0 Å². The van der Waals surface area contributed by atoms with Gasteiger partial charge in [0.2, 0.25) is 0 Å². The van der Waals surface area contributed by atoms with Crippen molar-refractivity contribution < 1.29 is 23.8 Å². The molecule has 0 saturated carbocycles. The molecule has 0 atom stereocenters. The fraction of sp³-hybridized carbons (Fsp3) is 0.667. The minimum Gasteiger partial charge on any atom is -0.462 e. The fourth-order valence-corrected chi connectivity index (χ4v) is 0.967. The van der Waals surface area contributed by atoms with Crippen LogP contribution in [0.2, 0.25) is 0 Å². The van der Waals surface area contributed by atoms with Gasteiger partial charge in [0.15, 0.2) is 0 Å². The maximum atomic E-state index is 11.0. The molecule has 0 N–H and O–H groups in total. The van der Waals surface area contributed by atoms with E-state index in [-0.39, 0.29) is 19.2 Å². The van der Waals surface area contributed by atoms with Gasteiger partial charge in [0, 0.05) is 6.92 Å². The van der Waals surface area contributed by atoms with E-state index >= 15 is 0 Å². The van der Waals surface area contributed by atoms with Gasteiger partial charge in [-0.25, -0.2) is 4.79 Å². The van der Waals surface area contributed by atoms with Crippen molar-refractivity contribution in [2.45, 2.75) is 33.1 Å². The molecule has 5 nitrogen and oxygen atoms in total. The van der Waals surface area contributed by atoms with Gasteiger partial charge in [-0.1, -0.05) is 19.8 Å². The minimum absolute atomic E-state index is 0.119. The van der Waals surface area contributed by atoms with Gasteiger partial charge in [-0.05, 0) is 18.6 Å². The van der Waals surface area contributed by atoms with Crippen LogP contribution in [0.3, 0.4) is 0 Å². The molecule has 5 heteroatoms. The van der Waals surface area contributed by atoms with Gasteiger partial charge in [0.1, 0.15) is 13.2 Å². The molecule has 0 aliphatic rings. The third kappa shape index (κ3) is 12.4. The van der Waals surface area contributed by atoms with Gasteiger partial charge in [-0.3, -0.25) is 4.79 Å². The highest BCUT2D eigenvalue weighted by Gasteiger charge is 2.00. The topological polar surface area (TPSA) is 61.8 Å². The molecule has 0 spiro atoms. The van der Waals surface area contributed by atoms with Gasteiger partial charge < -0.3 is 14.2 Å². The smallest absolute Gasteiger partial charge is 0.462 e. The highest BCUT2D eigenvalue weighted by atomic mass is 16.7. The Morgan fingerprint density at radius 3 is 2.24 bits per heavy atom. The Kier molecular flexibility index (Phi) is 10.00. The Morgan fingerprint density at radius 2 is 1.65 bits per heavy atom. The van der Waals surface area contributed by atoms with Crippen molar-refractivity contribution in [1.82, 2.24) is 0 Å². The Hall–Kier alpha value is -1.52. The van der Waals surface area contributed by atoms with Crippen molar-refractivity contribution in [3.05, 3.63) is 12.2 Å². The van der Waals surface area contributed by atoms with E-state index in [2.05, 4.69) is 11.7 Å². The van der Waals surface area contributed by atoms with E-state index in [9.17, 15) is 9.59 Å². The number of unbranched alkanes of at least 4 members (excludes halogenated alkanes) is 2. The zero-order chi connectivity index (χ0) is 12.9. The summed E-state index contributed by atoms with van der Waals surface area (Å²) in [6.07, 6.45) is 5.50. The van der Waals surface area contributed by atoms with Gasteiger partial charge in [-0.15, -0.1) is 0 Å². The van der Waals surface area contributed by atoms with Crippen LogP contribution in [-0.2, 0) is 19.0 Å². The number of ether oxygens (including phenoxy) is 3. The molecule has 17 heavy (non-hydrogen) atoms. The molecule has 0 aromatic carbocycles. The van der Waals surface area contributed by atoms with Crippen LogP contribution in [0.4, 0.5) is 4.79 Å². The monoisotopic (exact) mass is 244 g/mol. The van der Waals surface area contributed by atoms with Crippen LogP contribution < -0.4 is 0 Å². The second-order valence-electron chi connectivity index (χ2n) is 3.39. The molecule has 0 aromatic rings. The van der Waals surface area contributed by atoms with Crippen LogP contribution in [0.15, 0.2) is 12.2 Å². The van der Waals surface area contributed by atoms with Gasteiger partial charge >= 0.3 is 12.1 Å². The SMILES string of the molecule is CCCCCOC(=O)OC/C=C/COC(C)=O. The molecule has 0 unspecified atom stereocenters. The average Bonchev–Trinajstić information content (AvgIpc) is 2.29. The van der Waals surface area contributed by atoms with Crippen LogP contribution in [0.1, 0.15) is 33.1 Å². The molecule has 0 amide bonds. The van der Waals surface area contributed by atoms with Crippen molar-refractivity contribution in [1.29, 1.82) is 0 Å². The quantitative estimate of drug-likeness (QED) is 0.373. The predicted molar refractivity (Wildman–Crippen MR) is 62.6 cm³/mol. The molecule has 0 saturated heterocycles. The highest BCUT2D eigenvalue weighted by Crippen LogP contribution is 1.95. The van der Waals surface area contributed by atoms with E-state index in [1.807, 2.05) is 0 Å². The van der Waals surface area contributed by atoms with Gasteiger partial charge in [0.25, 0.3) is 0 Å². The third-order valence-corrected chi connectivity index (χ3v) is 1.81. The maximum absolute atomic E-state index is 11.0. The first kappa shape index (κ1) is 15.5. The summed E-state index contributed by atoms with van der Waals surface area (Å²) in [5, 5.41) is 0. The second-order valence-corrected chi connectivity index (χ2v) is 3.39. The fourth-order valence-electron chi connectivity index (χ4n) is 0.967. The molecular formula is C12H20O5. The third-order valence-electron chi connectivity index (χ3n) is 1.81. The predicted octanol–water partition coefficient (Wildman–Crippen LogP) is 2.45. The number of carbonyl (C=O) groups is 2. The summed E-state index contributed by atoms with van der Waals surface area (Å²) in [5.74, 6) is -0.342. The minimum atomic E-state index is -0.668. The summed E-state index contributed by atoms with van der Waals surface area (Å²) in [7, 11) is 0. The summed E-state index contributed by atoms with van der Waals surface area (Å²) in [6.45, 7) is 4.10. The van der Waals surface area contributed by atoms with Crippen LogP contribution in [-0.4, -0.2) is 31.9 Å². The highest BCUT2D eigenvalue weighted by molar-refractivity contribution is 5.66. The average molecular weight is 244 g/mol. The van der Waals surface area contributed by atoms with Crippen molar-refractivity contribution in [2.75, 3.05) is 19.8 Å². The Morgan fingerprint density at radius 1 is 1.00 bits per heavy atom. The molecule has 0 aromatic heterocycles. The zero-order valence-corrected chi connectivity index (χ0v) is 10.4. The Bertz CT molecular complexity index is 247. The van der Waals surface area contributed by atoms with E-state index in [1.165, 1.54) is 6.92 Å². The number of hydrogen-bond acceptors (Lipinski definition) is 5. The largest absolute Gasteiger partial charge is 0.508 e. The lowest BCUT2D eigenvalue weighted by Crippen LogP contribution is -2.08. The Balaban J connectivity index is 3.35. The number of hydrogen-bond donors (Lipinski definition) is 0.